The topological polar surface area (TPSA) is 99.4 Å². The van der Waals surface area contributed by atoms with Gasteiger partial charge in [0.2, 0.25) is 0 Å². The quantitative estimate of drug-likeness (QED) is 0.525. The normalized spacial score (nSPS) is 21.2. The minimum atomic E-state index is -0.501. The lowest BCUT2D eigenvalue weighted by atomic mass is 9.72. The molecule has 184 valence electrons. The van der Waals surface area contributed by atoms with E-state index in [0.717, 1.165) is 65.1 Å². The van der Waals surface area contributed by atoms with Crippen molar-refractivity contribution >= 4 is 33.6 Å². The molecule has 9 heteroatoms. The van der Waals surface area contributed by atoms with E-state index in [2.05, 4.69) is 35.2 Å². The van der Waals surface area contributed by atoms with Gasteiger partial charge in [-0.2, -0.15) is 0 Å². The number of nitrogens with one attached hydrogen (secondary N) is 1. The summed E-state index contributed by atoms with van der Waals surface area (Å²) in [6.07, 6.45) is 5.37. The van der Waals surface area contributed by atoms with Crippen LogP contribution < -0.4 is 15.8 Å². The maximum Gasteiger partial charge on any atom is 0.407 e. The molecule has 1 heterocycles. The molecule has 1 saturated carbocycles. The van der Waals surface area contributed by atoms with Crippen molar-refractivity contribution in [1.82, 2.24) is 15.3 Å². The molecule has 2 aromatic rings. The summed E-state index contributed by atoms with van der Waals surface area (Å²) in [7, 11) is 7.58. The summed E-state index contributed by atoms with van der Waals surface area (Å²) in [5.41, 5.74) is 9.52. The van der Waals surface area contributed by atoms with Crippen LogP contribution in [0.3, 0.4) is 0 Å². The van der Waals surface area contributed by atoms with E-state index in [1.807, 2.05) is 26.8 Å². The summed E-state index contributed by atoms with van der Waals surface area (Å²) in [5, 5.41) is 2.98. The van der Waals surface area contributed by atoms with Gasteiger partial charge in [0.15, 0.2) is 0 Å². The van der Waals surface area contributed by atoms with Gasteiger partial charge in [-0.15, -0.1) is 0 Å². The van der Waals surface area contributed by atoms with Crippen molar-refractivity contribution in [2.24, 2.45) is 0 Å². The fraction of sp³-hybridized carbons (Fsp3) is 0.560. The predicted molar refractivity (Wildman–Crippen MR) is 136 cm³/mol. The van der Waals surface area contributed by atoms with Crippen LogP contribution in [0.4, 0.5) is 10.6 Å². The largest absolute Gasteiger partial charge is 0.489 e. The number of nitrogens with zero attached hydrogens (tertiary/aromatic N) is 2. The highest BCUT2D eigenvalue weighted by Crippen LogP contribution is 2.50. The summed E-state index contributed by atoms with van der Waals surface area (Å²) in [5.74, 6) is 1.32. The van der Waals surface area contributed by atoms with Crippen LogP contribution in [0.15, 0.2) is 23.4 Å². The van der Waals surface area contributed by atoms with Gasteiger partial charge in [-0.25, -0.2) is 14.8 Å². The molecule has 7 nitrogen and oxygen atoms in total. The van der Waals surface area contributed by atoms with Crippen LogP contribution in [0.1, 0.15) is 71.4 Å². The summed E-state index contributed by atoms with van der Waals surface area (Å²) in [6, 6.07) is 4.13. The first-order chi connectivity index (χ1) is 16.0. The SMILES string of the molecule is CC(C)(C)OC(=O)NC1CCC(Oc2ccc3c(c2SCl)CC(C)(C)c2c(N)ncnc2-3)CC1. The number of carbonyl (C=O) groups excluding carboxylic acids is 1. The molecule has 0 bridgehead atoms. The van der Waals surface area contributed by atoms with E-state index in [4.69, 9.17) is 25.9 Å². The third kappa shape index (κ3) is 5.23. The molecule has 1 amide bonds. The number of nitrogen functional groups attached to an aromatic ring is 1. The maximum atomic E-state index is 12.1. The van der Waals surface area contributed by atoms with Crippen LogP contribution in [0.25, 0.3) is 11.3 Å². The first kappa shape index (κ1) is 24.9. The van der Waals surface area contributed by atoms with Crippen LogP contribution in [-0.4, -0.2) is 33.8 Å². The van der Waals surface area contributed by atoms with Crippen molar-refractivity contribution in [2.45, 2.75) is 94.8 Å². The summed E-state index contributed by atoms with van der Waals surface area (Å²) in [6.45, 7) is 9.91. The zero-order chi connectivity index (χ0) is 24.7. The Bertz CT molecular complexity index is 1080. The van der Waals surface area contributed by atoms with Crippen molar-refractivity contribution in [3.8, 4) is 17.0 Å². The van der Waals surface area contributed by atoms with Crippen LogP contribution in [0.2, 0.25) is 0 Å². The number of carbonyl (C=O) groups is 1. The second-order valence-electron chi connectivity index (χ2n) is 10.8. The Balaban J connectivity index is 1.49. The third-order valence-corrected chi connectivity index (χ3v) is 7.48. The van der Waals surface area contributed by atoms with Crippen molar-refractivity contribution in [1.29, 1.82) is 0 Å². The van der Waals surface area contributed by atoms with Crippen LogP contribution in [-0.2, 0) is 16.6 Å². The van der Waals surface area contributed by atoms with Crippen molar-refractivity contribution in [2.75, 3.05) is 5.73 Å². The zero-order valence-electron chi connectivity index (χ0n) is 20.4. The number of aromatic nitrogens is 2. The lowest BCUT2D eigenvalue weighted by molar-refractivity contribution is 0.0470. The van der Waals surface area contributed by atoms with Crippen LogP contribution in [0.5, 0.6) is 5.75 Å². The van der Waals surface area contributed by atoms with Crippen LogP contribution in [0, 0.1) is 0 Å². The average molecular weight is 505 g/mol. The number of nitrogens with two attached hydrogens (primary N) is 1. The Morgan fingerprint density at radius 1 is 1.21 bits per heavy atom. The molecule has 0 atom stereocenters. The molecule has 4 rings (SSSR count). The summed E-state index contributed by atoms with van der Waals surface area (Å²) < 4.78 is 11.8. The molecule has 34 heavy (non-hydrogen) atoms. The van der Waals surface area contributed by atoms with Gasteiger partial charge in [0.25, 0.3) is 0 Å². The number of benzene rings is 1. The van der Waals surface area contributed by atoms with Gasteiger partial charge in [0, 0.05) is 17.2 Å². The van der Waals surface area contributed by atoms with E-state index < -0.39 is 5.60 Å². The van der Waals surface area contributed by atoms with E-state index in [1.54, 1.807) is 0 Å². The molecule has 1 aromatic carbocycles. The Morgan fingerprint density at radius 3 is 2.56 bits per heavy atom. The number of rotatable bonds is 4. The average Bonchev–Trinajstić information content (AvgIpc) is 2.73. The summed E-state index contributed by atoms with van der Waals surface area (Å²) >= 11 is 0. The smallest absolute Gasteiger partial charge is 0.407 e. The molecule has 0 unspecified atom stereocenters. The van der Waals surface area contributed by atoms with Gasteiger partial charge in [-0.05, 0) is 97.6 Å². The Morgan fingerprint density at radius 2 is 1.91 bits per heavy atom. The van der Waals surface area contributed by atoms with E-state index >= 15 is 0 Å². The highest BCUT2D eigenvalue weighted by Gasteiger charge is 2.37. The van der Waals surface area contributed by atoms with Crippen molar-refractivity contribution in [3.05, 3.63) is 29.6 Å². The molecule has 2 aliphatic carbocycles. The lowest BCUT2D eigenvalue weighted by Crippen LogP contribution is -2.42. The number of ether oxygens (including phenoxy) is 2. The van der Waals surface area contributed by atoms with Gasteiger partial charge in [-0.3, -0.25) is 0 Å². The lowest BCUT2D eigenvalue weighted by Gasteiger charge is -2.35. The molecule has 0 saturated heterocycles. The van der Waals surface area contributed by atoms with Crippen molar-refractivity contribution in [3.63, 3.8) is 0 Å². The molecule has 1 fully saturated rings. The monoisotopic (exact) mass is 504 g/mol. The summed E-state index contributed by atoms with van der Waals surface area (Å²) in [4.78, 5) is 21.8. The second-order valence-corrected chi connectivity index (χ2v) is 11.8. The van der Waals surface area contributed by atoms with E-state index in [-0.39, 0.29) is 23.7 Å². The minimum Gasteiger partial charge on any atom is -0.489 e. The van der Waals surface area contributed by atoms with Gasteiger partial charge in [0.1, 0.15) is 23.5 Å². The molecule has 3 N–H and O–H groups in total. The number of anilines is 1. The Kier molecular flexibility index (Phi) is 6.93. The molecule has 1 aromatic heterocycles. The second kappa shape index (κ2) is 9.46. The molecule has 2 aliphatic rings. The number of halogens is 1. The first-order valence-electron chi connectivity index (χ1n) is 11.7. The molecule has 0 radical (unpaired) electrons. The highest BCUT2D eigenvalue weighted by molar-refractivity contribution is 8.21. The molecular formula is C25H33ClN4O3S. The minimum absolute atomic E-state index is 0.0687. The van der Waals surface area contributed by atoms with Crippen molar-refractivity contribution < 1.29 is 14.3 Å². The highest BCUT2D eigenvalue weighted by atomic mass is 35.7. The number of fused-ring (bicyclic) bond motifs is 3. The standard InChI is InChI=1S/C25H33ClN4O3S/c1-24(2,3)33-23(31)30-14-6-8-15(9-7-14)32-18-11-10-16-17(21(18)34-26)12-25(4,5)19-20(16)28-13-29-22(19)27/h10-11,13-15H,6-9,12H2,1-5H3,(H,30,31)(H2,27,28,29). The van der Waals surface area contributed by atoms with Crippen LogP contribution >= 0.6 is 21.7 Å². The Hall–Kier alpha value is -2.19. The van der Waals surface area contributed by atoms with Gasteiger partial charge < -0.3 is 20.5 Å². The predicted octanol–water partition coefficient (Wildman–Crippen LogP) is 6.02. The van der Waals surface area contributed by atoms with Gasteiger partial charge >= 0.3 is 6.09 Å². The van der Waals surface area contributed by atoms with Gasteiger partial charge in [-0.1, -0.05) is 13.8 Å². The van der Waals surface area contributed by atoms with E-state index in [1.165, 1.54) is 17.3 Å². The fourth-order valence-corrected chi connectivity index (χ4v) is 5.94. The van der Waals surface area contributed by atoms with E-state index in [0.29, 0.717) is 5.82 Å². The number of hydrogen-bond acceptors (Lipinski definition) is 7. The number of alkyl carbamates (subject to hydrolysis) is 1. The molecule has 0 spiro atoms. The first-order valence-corrected chi connectivity index (χ1v) is 13.3. The zero-order valence-corrected chi connectivity index (χ0v) is 22.0. The number of amides is 1. The fourth-order valence-electron chi connectivity index (χ4n) is 4.96. The molecule has 0 aliphatic heterocycles. The molecular weight excluding hydrogens is 472 g/mol. The number of hydrogen-bond donors (Lipinski definition) is 2. The maximum absolute atomic E-state index is 12.1. The van der Waals surface area contributed by atoms with E-state index in [9.17, 15) is 4.79 Å². The third-order valence-electron chi connectivity index (χ3n) is 6.42. The van der Waals surface area contributed by atoms with Gasteiger partial charge in [0.05, 0.1) is 16.7 Å². The Labute approximate surface area is 210 Å².